The van der Waals surface area contributed by atoms with Gasteiger partial charge in [-0.05, 0) is 6.42 Å². The molecule has 0 radical (unpaired) electrons. The normalized spacial score (nSPS) is 14.5. The average molecular weight is 159 g/mol. The van der Waals surface area contributed by atoms with Crippen LogP contribution in [0.1, 0.15) is 40.5 Å². The molecule has 0 heterocycles. The lowest BCUT2D eigenvalue weighted by molar-refractivity contribution is -0.541. The molecule has 0 spiro atoms. The Morgan fingerprint density at radius 1 is 1.45 bits per heavy atom. The average Bonchev–Trinajstić information content (AvgIpc) is 1.88. The topological polar surface area (TPSA) is 43.1 Å². The predicted molar refractivity (Wildman–Crippen MR) is 45.1 cm³/mol. The number of rotatable bonds is 4. The van der Waals surface area contributed by atoms with Crippen molar-refractivity contribution in [3.05, 3.63) is 10.1 Å². The second-order valence-corrected chi connectivity index (χ2v) is 3.55. The lowest BCUT2D eigenvalue weighted by atomic mass is 9.81. The molecule has 0 aromatic heterocycles. The first kappa shape index (κ1) is 10.4. The first-order valence-corrected chi connectivity index (χ1v) is 4.09. The van der Waals surface area contributed by atoms with E-state index >= 15 is 0 Å². The molecule has 0 aliphatic carbocycles. The maximum atomic E-state index is 10.5. The summed E-state index contributed by atoms with van der Waals surface area (Å²) in [5, 5.41) is 10.5. The van der Waals surface area contributed by atoms with Crippen LogP contribution in [-0.2, 0) is 0 Å². The molecular formula is C8H17NO2. The molecule has 3 nitrogen and oxygen atoms in total. The van der Waals surface area contributed by atoms with E-state index in [0.717, 1.165) is 6.42 Å². The highest BCUT2D eigenvalue weighted by Crippen LogP contribution is 2.28. The molecule has 1 unspecified atom stereocenters. The largest absolute Gasteiger partial charge is 0.264 e. The maximum absolute atomic E-state index is 10.5. The van der Waals surface area contributed by atoms with E-state index in [-0.39, 0.29) is 10.3 Å². The van der Waals surface area contributed by atoms with Crippen LogP contribution in [0.25, 0.3) is 0 Å². The summed E-state index contributed by atoms with van der Waals surface area (Å²) >= 11 is 0. The van der Waals surface area contributed by atoms with Crippen molar-refractivity contribution in [2.75, 3.05) is 0 Å². The van der Waals surface area contributed by atoms with Crippen LogP contribution in [0.2, 0.25) is 0 Å². The van der Waals surface area contributed by atoms with Crippen LogP contribution in [0, 0.1) is 15.5 Å². The molecule has 0 aliphatic rings. The maximum Gasteiger partial charge on any atom is 0.217 e. The van der Waals surface area contributed by atoms with Crippen LogP contribution in [0.5, 0.6) is 0 Å². The molecule has 0 bridgehead atoms. The van der Waals surface area contributed by atoms with Gasteiger partial charge in [-0.1, -0.05) is 27.7 Å². The Labute approximate surface area is 67.9 Å². The molecule has 66 valence electrons. The summed E-state index contributed by atoms with van der Waals surface area (Å²) in [5.74, 6) is 0. The van der Waals surface area contributed by atoms with E-state index in [0.29, 0.717) is 6.42 Å². The van der Waals surface area contributed by atoms with Crippen LogP contribution in [0.15, 0.2) is 0 Å². The quantitative estimate of drug-likeness (QED) is 0.467. The van der Waals surface area contributed by atoms with Crippen LogP contribution >= 0.6 is 0 Å². The van der Waals surface area contributed by atoms with Crippen LogP contribution in [0.4, 0.5) is 0 Å². The number of hydrogen-bond donors (Lipinski definition) is 0. The van der Waals surface area contributed by atoms with E-state index < -0.39 is 6.04 Å². The third kappa shape index (κ3) is 2.48. The highest BCUT2D eigenvalue weighted by Gasteiger charge is 2.35. The molecule has 0 saturated carbocycles. The van der Waals surface area contributed by atoms with Gasteiger partial charge < -0.3 is 0 Å². The smallest absolute Gasteiger partial charge is 0.217 e. The van der Waals surface area contributed by atoms with Crippen LogP contribution in [0.3, 0.4) is 0 Å². The number of nitrogens with zero attached hydrogens (tertiary/aromatic N) is 1. The van der Waals surface area contributed by atoms with Crippen molar-refractivity contribution >= 4 is 0 Å². The molecule has 0 saturated heterocycles. The third-order valence-electron chi connectivity index (χ3n) is 2.45. The van der Waals surface area contributed by atoms with Gasteiger partial charge in [-0.2, -0.15) is 0 Å². The van der Waals surface area contributed by atoms with Gasteiger partial charge in [0.25, 0.3) is 0 Å². The Balaban J connectivity index is 4.36. The van der Waals surface area contributed by atoms with E-state index in [1.54, 1.807) is 0 Å². The molecule has 0 fully saturated rings. The van der Waals surface area contributed by atoms with Crippen molar-refractivity contribution in [3.63, 3.8) is 0 Å². The zero-order chi connectivity index (χ0) is 9.07. The fraction of sp³-hybridized carbons (Fsp3) is 1.00. The molecule has 0 aromatic rings. The molecule has 1 atom stereocenters. The summed E-state index contributed by atoms with van der Waals surface area (Å²) < 4.78 is 0. The first-order chi connectivity index (χ1) is 4.95. The van der Waals surface area contributed by atoms with E-state index in [2.05, 4.69) is 0 Å². The molecule has 0 rings (SSSR count). The fourth-order valence-corrected chi connectivity index (χ4v) is 1.22. The summed E-state index contributed by atoms with van der Waals surface area (Å²) in [4.78, 5) is 10.4. The van der Waals surface area contributed by atoms with Crippen molar-refractivity contribution < 1.29 is 4.92 Å². The molecule has 0 aliphatic heterocycles. The SMILES string of the molecule is CCC([N+](=O)[O-])C(C)(C)CC. The standard InChI is InChI=1S/C8H17NO2/c1-5-7(9(10)11)8(3,4)6-2/h7H,5-6H2,1-4H3. The third-order valence-corrected chi connectivity index (χ3v) is 2.45. The summed E-state index contributed by atoms with van der Waals surface area (Å²) in [6.45, 7) is 7.75. The van der Waals surface area contributed by atoms with E-state index in [9.17, 15) is 10.1 Å². The van der Waals surface area contributed by atoms with Crippen molar-refractivity contribution in [2.24, 2.45) is 5.41 Å². The second kappa shape index (κ2) is 3.69. The van der Waals surface area contributed by atoms with E-state index in [1.165, 1.54) is 0 Å². The summed E-state index contributed by atoms with van der Waals surface area (Å²) in [6, 6.07) is -0.396. The van der Waals surface area contributed by atoms with Gasteiger partial charge in [0.1, 0.15) is 0 Å². The lowest BCUT2D eigenvalue weighted by Gasteiger charge is -2.25. The van der Waals surface area contributed by atoms with Crippen molar-refractivity contribution in [1.29, 1.82) is 0 Å². The molecule has 0 N–H and O–H groups in total. The zero-order valence-corrected chi connectivity index (χ0v) is 7.76. The summed E-state index contributed by atoms with van der Waals surface area (Å²) in [7, 11) is 0. The zero-order valence-electron chi connectivity index (χ0n) is 7.76. The minimum atomic E-state index is -0.396. The highest BCUT2D eigenvalue weighted by atomic mass is 16.6. The Hall–Kier alpha value is -0.600. The molecule has 11 heavy (non-hydrogen) atoms. The van der Waals surface area contributed by atoms with Crippen molar-refractivity contribution in [3.8, 4) is 0 Å². The van der Waals surface area contributed by atoms with E-state index in [1.807, 2.05) is 27.7 Å². The molecule has 3 heteroatoms. The van der Waals surface area contributed by atoms with Crippen molar-refractivity contribution in [2.45, 2.75) is 46.6 Å². The molecular weight excluding hydrogens is 142 g/mol. The van der Waals surface area contributed by atoms with Gasteiger partial charge >= 0.3 is 0 Å². The Kier molecular flexibility index (Phi) is 3.49. The van der Waals surface area contributed by atoms with Gasteiger partial charge in [-0.3, -0.25) is 10.1 Å². The number of nitro groups is 1. The van der Waals surface area contributed by atoms with Crippen molar-refractivity contribution in [1.82, 2.24) is 0 Å². The molecule has 0 amide bonds. The van der Waals surface area contributed by atoms with Crippen LogP contribution in [-0.4, -0.2) is 11.0 Å². The summed E-state index contributed by atoms with van der Waals surface area (Å²) in [6.07, 6.45) is 1.47. The lowest BCUT2D eigenvalue weighted by Crippen LogP contribution is -2.35. The minimum absolute atomic E-state index is 0.163. The highest BCUT2D eigenvalue weighted by molar-refractivity contribution is 4.75. The fourth-order valence-electron chi connectivity index (χ4n) is 1.22. The Morgan fingerprint density at radius 3 is 2.00 bits per heavy atom. The number of hydrogen-bond acceptors (Lipinski definition) is 2. The van der Waals surface area contributed by atoms with Crippen LogP contribution < -0.4 is 0 Å². The molecule has 0 aromatic carbocycles. The summed E-state index contributed by atoms with van der Waals surface area (Å²) in [5.41, 5.74) is -0.168. The van der Waals surface area contributed by atoms with Gasteiger partial charge in [0.05, 0.1) is 0 Å². The Morgan fingerprint density at radius 2 is 1.91 bits per heavy atom. The van der Waals surface area contributed by atoms with Gasteiger partial charge in [0.15, 0.2) is 0 Å². The minimum Gasteiger partial charge on any atom is -0.264 e. The van der Waals surface area contributed by atoms with Gasteiger partial charge in [-0.15, -0.1) is 0 Å². The second-order valence-electron chi connectivity index (χ2n) is 3.55. The van der Waals surface area contributed by atoms with Gasteiger partial charge in [0.2, 0.25) is 6.04 Å². The first-order valence-electron chi connectivity index (χ1n) is 4.09. The predicted octanol–water partition coefficient (Wildman–Crippen LogP) is 2.48. The van der Waals surface area contributed by atoms with Gasteiger partial charge in [-0.25, -0.2) is 0 Å². The Bertz CT molecular complexity index is 143. The van der Waals surface area contributed by atoms with Gasteiger partial charge in [0, 0.05) is 16.8 Å². The van der Waals surface area contributed by atoms with E-state index in [4.69, 9.17) is 0 Å². The monoisotopic (exact) mass is 159 g/mol.